The predicted molar refractivity (Wildman–Crippen MR) is 373 cm³/mol. The van der Waals surface area contributed by atoms with E-state index >= 15 is 0 Å². The quantitative estimate of drug-likeness (QED) is 0.0207. The van der Waals surface area contributed by atoms with Crippen LogP contribution in [0.5, 0.6) is 5.75 Å². The van der Waals surface area contributed by atoms with Crippen LogP contribution in [-0.2, 0) is 81.6 Å². The Hall–Kier alpha value is -9.62. The fourth-order valence-electron chi connectivity index (χ4n) is 11.3. The van der Waals surface area contributed by atoms with E-state index in [1.165, 1.54) is 19.1 Å². The highest BCUT2D eigenvalue weighted by molar-refractivity contribution is 7.80. The van der Waals surface area contributed by atoms with E-state index in [9.17, 15) is 77.6 Å². The second-order valence-electron chi connectivity index (χ2n) is 25.6. The SMILES string of the molecule is CCC(C)C(NC(=O)C(N)Cc1ccc(O)cc1)C(=O)NC(C(=O)NC(CCCCN)C(=O)NCC(=O)NC(C(=O)NC(Cc1ccccc1)C(=O)NC(Cc1c[nH]c2ccccc12)C(=O)NC(CC(=O)O)C(=O)N1CCCC1C(=O)NC(C)C(=O)NC(CS)C(=O)O)C(C)C)C(C)CC. The van der Waals surface area contributed by atoms with Crippen molar-refractivity contribution in [3.05, 3.63) is 102 Å². The molecular formula is C69H98N14O16S. The predicted octanol–water partition coefficient (Wildman–Crippen LogP) is 0.0853. The van der Waals surface area contributed by atoms with Crippen LogP contribution in [0.2, 0.25) is 0 Å². The molecule has 1 saturated heterocycles. The smallest absolute Gasteiger partial charge is 0.327 e. The van der Waals surface area contributed by atoms with Gasteiger partial charge in [0.2, 0.25) is 65.0 Å². The number of aliphatic carboxylic acids is 2. The van der Waals surface area contributed by atoms with E-state index in [1.54, 1.807) is 101 Å². The summed E-state index contributed by atoms with van der Waals surface area (Å²) in [5.41, 5.74) is 14.5. The van der Waals surface area contributed by atoms with Crippen LogP contribution in [0.15, 0.2) is 85.1 Å². The molecule has 30 nitrogen and oxygen atoms in total. The number of aromatic amines is 1. The van der Waals surface area contributed by atoms with Gasteiger partial charge >= 0.3 is 11.9 Å². The Morgan fingerprint density at radius 3 is 1.74 bits per heavy atom. The van der Waals surface area contributed by atoms with Crippen LogP contribution in [0.3, 0.4) is 0 Å². The molecule has 31 heteroatoms. The first-order valence-corrected chi connectivity index (χ1v) is 34.3. The molecule has 13 atom stereocenters. The number of thiol groups is 1. The van der Waals surface area contributed by atoms with Gasteiger partial charge in [0.25, 0.3) is 0 Å². The highest BCUT2D eigenvalue weighted by Gasteiger charge is 2.42. The third kappa shape index (κ3) is 24.4. The van der Waals surface area contributed by atoms with Gasteiger partial charge in [-0.1, -0.05) is 115 Å². The third-order valence-corrected chi connectivity index (χ3v) is 18.0. The van der Waals surface area contributed by atoms with Crippen molar-refractivity contribution < 1.29 is 77.6 Å². The first-order chi connectivity index (χ1) is 47.5. The molecule has 100 heavy (non-hydrogen) atoms. The minimum atomic E-state index is -1.82. The number of aromatic hydroxyl groups is 1. The molecule has 4 aromatic rings. The van der Waals surface area contributed by atoms with Crippen LogP contribution in [-0.4, -0.2) is 194 Å². The average Bonchev–Trinajstić information content (AvgIpc) is 1.63. The zero-order valence-corrected chi connectivity index (χ0v) is 58.4. The van der Waals surface area contributed by atoms with Gasteiger partial charge in [0.1, 0.15) is 66.2 Å². The maximum Gasteiger partial charge on any atom is 0.327 e. The van der Waals surface area contributed by atoms with Gasteiger partial charge in [0.05, 0.1) is 19.0 Å². The molecule has 18 N–H and O–H groups in total. The molecule has 0 spiro atoms. The summed E-state index contributed by atoms with van der Waals surface area (Å²) in [6.45, 7) is 11.2. The molecule has 2 heterocycles. The number of aromatic nitrogens is 1. The van der Waals surface area contributed by atoms with E-state index in [0.717, 1.165) is 4.90 Å². The molecule has 0 aliphatic carbocycles. The van der Waals surface area contributed by atoms with Gasteiger partial charge < -0.3 is 89.8 Å². The number of para-hydroxylation sites is 1. The highest BCUT2D eigenvalue weighted by Crippen LogP contribution is 2.23. The summed E-state index contributed by atoms with van der Waals surface area (Å²) in [5.74, 6) is -13.7. The molecule has 3 aromatic carbocycles. The van der Waals surface area contributed by atoms with Gasteiger partial charge in [-0.2, -0.15) is 12.6 Å². The van der Waals surface area contributed by atoms with Crippen molar-refractivity contribution in [3.63, 3.8) is 0 Å². The monoisotopic (exact) mass is 1410 g/mol. The van der Waals surface area contributed by atoms with Crippen molar-refractivity contribution >= 4 is 100 Å². The number of phenolic OH excluding ortho intramolecular Hbond substituents is 1. The first kappa shape index (κ1) is 81.1. The summed E-state index contributed by atoms with van der Waals surface area (Å²) in [7, 11) is 0. The van der Waals surface area contributed by atoms with Crippen molar-refractivity contribution in [2.24, 2.45) is 29.2 Å². The Morgan fingerprint density at radius 1 is 0.590 bits per heavy atom. The lowest BCUT2D eigenvalue weighted by Crippen LogP contribution is -2.61. The molecule has 11 amide bonds. The molecule has 1 aromatic heterocycles. The number of fused-ring (bicyclic) bond motifs is 1. The van der Waals surface area contributed by atoms with Crippen molar-refractivity contribution in [2.45, 2.75) is 186 Å². The first-order valence-electron chi connectivity index (χ1n) is 33.7. The van der Waals surface area contributed by atoms with Gasteiger partial charge in [-0.05, 0) is 105 Å². The molecule has 0 bridgehead atoms. The number of nitrogens with one attached hydrogen (secondary N) is 11. The Kier molecular flexibility index (Phi) is 32.3. The lowest BCUT2D eigenvalue weighted by molar-refractivity contribution is -0.146. The van der Waals surface area contributed by atoms with Crippen LogP contribution >= 0.6 is 12.6 Å². The minimum absolute atomic E-state index is 0.0396. The van der Waals surface area contributed by atoms with Crippen molar-refractivity contribution in [1.82, 2.24) is 63.1 Å². The maximum atomic E-state index is 14.9. The fourth-order valence-corrected chi connectivity index (χ4v) is 11.5. The van der Waals surface area contributed by atoms with Gasteiger partial charge in [0, 0.05) is 42.2 Å². The summed E-state index contributed by atoms with van der Waals surface area (Å²) >= 11 is 3.94. The highest BCUT2D eigenvalue weighted by atomic mass is 32.1. The molecule has 13 unspecified atom stereocenters. The van der Waals surface area contributed by atoms with Crippen LogP contribution in [0, 0.1) is 17.8 Å². The van der Waals surface area contributed by atoms with Crippen LogP contribution in [0.1, 0.15) is 117 Å². The number of likely N-dealkylation sites (tertiary alicyclic amines) is 1. The fraction of sp³-hybridized carbons (Fsp3) is 0.522. The van der Waals surface area contributed by atoms with Gasteiger partial charge in [-0.25, -0.2) is 4.79 Å². The van der Waals surface area contributed by atoms with E-state index in [0.29, 0.717) is 53.3 Å². The Labute approximate surface area is 586 Å². The number of nitrogens with zero attached hydrogens (tertiary/aromatic N) is 1. The second-order valence-corrected chi connectivity index (χ2v) is 26.0. The largest absolute Gasteiger partial charge is 0.508 e. The van der Waals surface area contributed by atoms with E-state index in [-0.39, 0.29) is 63.1 Å². The van der Waals surface area contributed by atoms with Gasteiger partial charge in [-0.3, -0.25) is 57.5 Å². The zero-order chi connectivity index (χ0) is 73.9. The van der Waals surface area contributed by atoms with Crippen molar-refractivity contribution in [1.29, 1.82) is 0 Å². The van der Waals surface area contributed by atoms with Crippen LogP contribution < -0.4 is 64.6 Å². The summed E-state index contributed by atoms with van der Waals surface area (Å²) in [6, 6.07) is 6.96. The van der Waals surface area contributed by atoms with Crippen LogP contribution in [0.4, 0.5) is 0 Å². The molecule has 1 aliphatic heterocycles. The normalized spacial score (nSPS) is 16.4. The number of carboxylic acid groups (broad SMARTS) is 2. The number of amides is 11. The Morgan fingerprint density at radius 2 is 1.14 bits per heavy atom. The number of hydrogen-bond donors (Lipinski definition) is 17. The minimum Gasteiger partial charge on any atom is -0.508 e. The number of phenols is 1. The Balaban J connectivity index is 1.33. The third-order valence-electron chi connectivity index (χ3n) is 17.6. The van der Waals surface area contributed by atoms with Crippen molar-refractivity contribution in [3.8, 4) is 5.75 Å². The van der Waals surface area contributed by atoms with E-state index in [2.05, 4.69) is 70.8 Å². The number of benzene rings is 3. The number of carbonyl (C=O) groups excluding carboxylic acids is 11. The average molecular weight is 1410 g/mol. The second kappa shape index (κ2) is 39.8. The molecule has 0 radical (unpaired) electrons. The maximum absolute atomic E-state index is 14.9. The molecular weight excluding hydrogens is 1310 g/mol. The molecule has 5 rings (SSSR count). The number of hydrogen-bond acceptors (Lipinski definition) is 17. The topological polar surface area (TPSA) is 474 Å². The standard InChI is InChI=1S/C69H98N14O16S/c1-8-38(5)57(82-67(96)58(39(6)9-2)81-60(89)46(71)30-42-24-26-44(84)27-25-42)66(95)75-48(22-15-16-28-70)61(90)73-35-54(85)80-56(37(3)4)65(94)77-49(31-41-18-11-10-12-19-41)62(91)76-50(32-43-34-72-47-21-14-13-20-45(43)47)63(92)78-51(33-55(86)87)68(97)83-29-17-23-53(83)64(93)74-40(7)59(88)79-52(36-100)69(98)99/h10-14,18-21,24-27,34,37-40,46,48-53,56-58,72,84,100H,8-9,15-17,22-23,28-33,35-36,70-71H2,1-7H3,(H,73,90)(H,74,93)(H,75,95)(H,76,91)(H,77,94)(H,78,92)(H,79,88)(H,80,85)(H,81,89)(H,82,96)(H,86,87)(H,98,99). The molecule has 1 fully saturated rings. The lowest BCUT2D eigenvalue weighted by atomic mass is 9.94. The number of carboxylic acids is 2. The summed E-state index contributed by atoms with van der Waals surface area (Å²) in [5, 5.41) is 56.0. The zero-order valence-electron chi connectivity index (χ0n) is 57.5. The van der Waals surface area contributed by atoms with E-state index < -0.39 is 174 Å². The number of nitrogens with two attached hydrogens (primary N) is 2. The molecule has 546 valence electrons. The Bertz CT molecular complexity index is 3490. The number of unbranched alkanes of at least 4 members (excludes halogenated alkanes) is 1. The molecule has 0 saturated carbocycles. The number of carbonyl (C=O) groups is 13. The van der Waals surface area contributed by atoms with Gasteiger partial charge in [-0.15, -0.1) is 0 Å². The van der Waals surface area contributed by atoms with Crippen molar-refractivity contribution in [2.75, 3.05) is 25.4 Å². The summed E-state index contributed by atoms with van der Waals surface area (Å²) < 4.78 is 0. The van der Waals surface area contributed by atoms with E-state index in [4.69, 9.17) is 11.5 Å². The number of H-pyrrole nitrogens is 1. The lowest BCUT2D eigenvalue weighted by Gasteiger charge is -2.30. The molecule has 1 aliphatic rings. The summed E-state index contributed by atoms with van der Waals surface area (Å²) in [6.07, 6.45) is 2.42. The van der Waals surface area contributed by atoms with Gasteiger partial charge in [0.15, 0.2) is 0 Å². The van der Waals surface area contributed by atoms with E-state index in [1.807, 2.05) is 13.8 Å². The van der Waals surface area contributed by atoms with Crippen LogP contribution in [0.25, 0.3) is 10.9 Å². The summed E-state index contributed by atoms with van der Waals surface area (Å²) in [4.78, 5) is 183. The number of rotatable bonds is 40.